The topological polar surface area (TPSA) is 67.6 Å². The number of oxazole rings is 1. The Bertz CT molecular complexity index is 779. The van der Waals surface area contributed by atoms with E-state index in [4.69, 9.17) is 10.2 Å². The monoisotopic (exact) mass is 312 g/mol. The maximum atomic E-state index is 13.4. The molecule has 23 heavy (non-hydrogen) atoms. The molecule has 1 aromatic heterocycles. The highest BCUT2D eigenvalue weighted by Crippen LogP contribution is 2.26. The second-order valence-electron chi connectivity index (χ2n) is 5.14. The van der Waals surface area contributed by atoms with Crippen molar-refractivity contribution in [3.63, 3.8) is 0 Å². The highest BCUT2D eigenvalue weighted by Gasteiger charge is 2.23. The zero-order valence-electron chi connectivity index (χ0n) is 12.6. The van der Waals surface area contributed by atoms with Crippen molar-refractivity contribution in [1.82, 2.24) is 4.98 Å². The Labute approximate surface area is 133 Å². The van der Waals surface area contributed by atoms with Crippen LogP contribution in [0, 0.1) is 5.82 Å². The third-order valence-corrected chi connectivity index (χ3v) is 3.59. The van der Waals surface area contributed by atoms with Gasteiger partial charge in [0.2, 0.25) is 5.89 Å². The fourth-order valence-electron chi connectivity index (χ4n) is 2.47. The molecule has 0 amide bonds. The fourth-order valence-corrected chi connectivity index (χ4v) is 2.47. The first kappa shape index (κ1) is 15.0. The summed E-state index contributed by atoms with van der Waals surface area (Å²) in [7, 11) is 0. The van der Waals surface area contributed by atoms with Crippen LogP contribution in [-0.4, -0.2) is 17.7 Å². The number of nitrogens with two attached hydrogens (primary N) is 1. The van der Waals surface area contributed by atoms with Gasteiger partial charge in [0.1, 0.15) is 17.3 Å². The van der Waals surface area contributed by atoms with E-state index in [9.17, 15) is 4.39 Å². The second-order valence-corrected chi connectivity index (χ2v) is 5.14. The zero-order chi connectivity index (χ0) is 16.2. The molecule has 0 spiro atoms. The standard InChI is InChI=1S/C17H17FN4O/c1-2-20-8-6-14(19)17-21-15-11-22(9-7-16(15)23-17)13-5-3-4-12(18)10-13/h2-6,8,10H,1,7,9,11,19H2/b14-6-,20-8-. The van der Waals surface area contributed by atoms with E-state index in [0.717, 1.165) is 23.7 Å². The summed E-state index contributed by atoms with van der Waals surface area (Å²) in [4.78, 5) is 10.4. The summed E-state index contributed by atoms with van der Waals surface area (Å²) in [5, 5.41) is 0. The molecule has 5 nitrogen and oxygen atoms in total. The molecule has 0 atom stereocenters. The van der Waals surface area contributed by atoms with Gasteiger partial charge in [-0.2, -0.15) is 0 Å². The average molecular weight is 312 g/mol. The molecule has 0 fully saturated rings. The Morgan fingerprint density at radius 1 is 1.48 bits per heavy atom. The van der Waals surface area contributed by atoms with Gasteiger partial charge in [0, 0.05) is 31.1 Å². The predicted molar refractivity (Wildman–Crippen MR) is 88.5 cm³/mol. The lowest BCUT2D eigenvalue weighted by atomic mass is 10.1. The van der Waals surface area contributed by atoms with Crippen LogP contribution in [0.4, 0.5) is 10.1 Å². The first-order valence-corrected chi connectivity index (χ1v) is 7.26. The SMILES string of the molecule is C=C/N=C\C=C(/N)c1nc2c(o1)CCN(c1cccc(F)c1)C2. The van der Waals surface area contributed by atoms with Gasteiger partial charge < -0.3 is 15.1 Å². The number of hydrogen-bond donors (Lipinski definition) is 1. The van der Waals surface area contributed by atoms with E-state index in [1.165, 1.54) is 24.5 Å². The minimum atomic E-state index is -0.247. The van der Waals surface area contributed by atoms with E-state index in [0.29, 0.717) is 24.6 Å². The van der Waals surface area contributed by atoms with Crippen molar-refractivity contribution in [3.05, 3.63) is 66.3 Å². The molecular formula is C17H17FN4O. The smallest absolute Gasteiger partial charge is 0.242 e. The highest BCUT2D eigenvalue weighted by atomic mass is 19.1. The van der Waals surface area contributed by atoms with E-state index in [-0.39, 0.29) is 5.82 Å². The Balaban J connectivity index is 1.80. The summed E-state index contributed by atoms with van der Waals surface area (Å²) in [5.74, 6) is 0.957. The lowest BCUT2D eigenvalue weighted by Crippen LogP contribution is -2.30. The summed E-state index contributed by atoms with van der Waals surface area (Å²) in [5.41, 5.74) is 8.00. The molecule has 3 rings (SSSR count). The molecule has 0 bridgehead atoms. The van der Waals surface area contributed by atoms with Gasteiger partial charge in [-0.3, -0.25) is 4.99 Å². The first-order valence-electron chi connectivity index (χ1n) is 7.26. The zero-order valence-corrected chi connectivity index (χ0v) is 12.6. The lowest BCUT2D eigenvalue weighted by Gasteiger charge is -2.27. The number of fused-ring (bicyclic) bond motifs is 1. The van der Waals surface area contributed by atoms with Gasteiger partial charge >= 0.3 is 0 Å². The van der Waals surface area contributed by atoms with Crippen molar-refractivity contribution in [3.8, 4) is 0 Å². The molecule has 0 aliphatic carbocycles. The molecule has 0 unspecified atom stereocenters. The summed E-state index contributed by atoms with van der Waals surface area (Å²) >= 11 is 0. The van der Waals surface area contributed by atoms with Crippen LogP contribution in [0.15, 0.2) is 52.5 Å². The number of halogens is 1. The van der Waals surface area contributed by atoms with Gasteiger partial charge in [-0.1, -0.05) is 12.6 Å². The van der Waals surface area contributed by atoms with Crippen molar-refractivity contribution in [2.24, 2.45) is 10.7 Å². The van der Waals surface area contributed by atoms with Gasteiger partial charge in [-0.25, -0.2) is 9.37 Å². The number of aliphatic imine (C=N–C) groups is 1. The van der Waals surface area contributed by atoms with Crippen LogP contribution in [0.2, 0.25) is 0 Å². The molecule has 1 aliphatic rings. The molecular weight excluding hydrogens is 295 g/mol. The number of allylic oxidation sites excluding steroid dienone is 1. The Hall–Kier alpha value is -2.89. The van der Waals surface area contributed by atoms with Crippen LogP contribution in [-0.2, 0) is 13.0 Å². The van der Waals surface area contributed by atoms with Gasteiger partial charge in [-0.15, -0.1) is 0 Å². The number of anilines is 1. The van der Waals surface area contributed by atoms with Crippen molar-refractivity contribution in [2.75, 3.05) is 11.4 Å². The van der Waals surface area contributed by atoms with Crippen molar-refractivity contribution in [2.45, 2.75) is 13.0 Å². The van der Waals surface area contributed by atoms with Gasteiger partial charge in [-0.05, 0) is 24.3 Å². The maximum Gasteiger partial charge on any atom is 0.242 e. The largest absolute Gasteiger partial charge is 0.440 e. The Morgan fingerprint density at radius 3 is 3.13 bits per heavy atom. The van der Waals surface area contributed by atoms with E-state index in [1.807, 2.05) is 6.07 Å². The maximum absolute atomic E-state index is 13.4. The Morgan fingerprint density at radius 2 is 2.35 bits per heavy atom. The van der Waals surface area contributed by atoms with E-state index in [2.05, 4.69) is 21.5 Å². The molecule has 1 aromatic carbocycles. The number of aromatic nitrogens is 1. The minimum absolute atomic E-state index is 0.247. The third kappa shape index (κ3) is 3.31. The quantitative estimate of drug-likeness (QED) is 0.882. The molecule has 0 saturated carbocycles. The van der Waals surface area contributed by atoms with E-state index in [1.54, 1.807) is 12.1 Å². The number of hydrogen-bond acceptors (Lipinski definition) is 5. The average Bonchev–Trinajstić information content (AvgIpc) is 2.98. The number of nitrogens with zero attached hydrogens (tertiary/aromatic N) is 3. The van der Waals surface area contributed by atoms with Gasteiger partial charge in [0.15, 0.2) is 0 Å². The van der Waals surface area contributed by atoms with Crippen LogP contribution in [0.1, 0.15) is 17.3 Å². The van der Waals surface area contributed by atoms with Crippen LogP contribution in [0.25, 0.3) is 5.70 Å². The van der Waals surface area contributed by atoms with E-state index < -0.39 is 0 Å². The molecule has 2 aromatic rings. The van der Waals surface area contributed by atoms with Crippen LogP contribution in [0.3, 0.4) is 0 Å². The molecule has 2 heterocycles. The molecule has 1 aliphatic heterocycles. The molecule has 2 N–H and O–H groups in total. The molecule has 6 heteroatoms. The van der Waals surface area contributed by atoms with Crippen molar-refractivity contribution in [1.29, 1.82) is 0 Å². The second kappa shape index (κ2) is 6.48. The predicted octanol–water partition coefficient (Wildman–Crippen LogP) is 2.89. The number of benzene rings is 1. The van der Waals surface area contributed by atoms with Gasteiger partial charge in [0.05, 0.1) is 12.2 Å². The lowest BCUT2D eigenvalue weighted by molar-refractivity contribution is 0.477. The molecule has 0 saturated heterocycles. The summed E-state index contributed by atoms with van der Waals surface area (Å²) in [6.45, 7) is 4.80. The third-order valence-electron chi connectivity index (χ3n) is 3.59. The van der Waals surface area contributed by atoms with Crippen LogP contribution in [0.5, 0.6) is 0 Å². The minimum Gasteiger partial charge on any atom is -0.440 e. The van der Waals surface area contributed by atoms with Crippen molar-refractivity contribution < 1.29 is 8.81 Å². The first-order chi connectivity index (χ1) is 11.2. The number of rotatable bonds is 4. The normalized spacial score (nSPS) is 15.0. The highest BCUT2D eigenvalue weighted by molar-refractivity contribution is 5.81. The summed E-state index contributed by atoms with van der Waals surface area (Å²) in [6, 6.07) is 6.54. The molecule has 0 radical (unpaired) electrons. The Kier molecular flexibility index (Phi) is 4.23. The molecule has 118 valence electrons. The van der Waals surface area contributed by atoms with E-state index >= 15 is 0 Å². The summed E-state index contributed by atoms with van der Waals surface area (Å²) in [6.07, 6.45) is 5.27. The van der Waals surface area contributed by atoms with Crippen molar-refractivity contribution >= 4 is 17.6 Å². The van der Waals surface area contributed by atoms with Crippen LogP contribution >= 0.6 is 0 Å². The summed E-state index contributed by atoms with van der Waals surface area (Å²) < 4.78 is 19.1. The fraction of sp³-hybridized carbons (Fsp3) is 0.176. The van der Waals surface area contributed by atoms with Crippen LogP contribution < -0.4 is 10.6 Å². The van der Waals surface area contributed by atoms with Gasteiger partial charge in [0.25, 0.3) is 0 Å².